The van der Waals surface area contributed by atoms with E-state index in [9.17, 15) is 14.7 Å². The Morgan fingerprint density at radius 3 is 1.29 bits per heavy atom. The molecule has 0 unspecified atom stereocenters. The summed E-state index contributed by atoms with van der Waals surface area (Å²) < 4.78 is 10.6. The molecule has 0 aromatic rings. The minimum Gasteiger partial charge on any atom is -0.462 e. The number of rotatable bonds is 32. The quantitative estimate of drug-likeness (QED) is 0.0631. The SMILES string of the molecule is CCCCCCCCCCCCCCCCC(=O)OC[C@H](CO)OC(=O)CCCCCCCCCCCCC(C)C. The summed E-state index contributed by atoms with van der Waals surface area (Å²) in [4.78, 5) is 24.1. The van der Waals surface area contributed by atoms with E-state index in [0.717, 1.165) is 38.0 Å². The minimum absolute atomic E-state index is 0.0584. The highest BCUT2D eigenvalue weighted by atomic mass is 16.6. The fraction of sp³-hybridized carbons (Fsp3) is 0.944. The van der Waals surface area contributed by atoms with Gasteiger partial charge in [0.25, 0.3) is 0 Å². The average Bonchev–Trinajstić information content (AvgIpc) is 2.95. The van der Waals surface area contributed by atoms with Crippen molar-refractivity contribution in [3.63, 3.8) is 0 Å². The molecule has 0 bridgehead atoms. The first-order chi connectivity index (χ1) is 20.0. The maximum absolute atomic E-state index is 12.1. The third kappa shape index (κ3) is 31.7. The molecule has 0 saturated carbocycles. The van der Waals surface area contributed by atoms with Crippen LogP contribution in [0.4, 0.5) is 0 Å². The van der Waals surface area contributed by atoms with Crippen LogP contribution in [0.15, 0.2) is 0 Å². The molecule has 0 saturated heterocycles. The summed E-state index contributed by atoms with van der Waals surface area (Å²) in [5.41, 5.74) is 0. The molecule has 0 amide bonds. The van der Waals surface area contributed by atoms with Crippen LogP contribution in [0, 0.1) is 5.92 Å². The van der Waals surface area contributed by atoms with Crippen LogP contribution in [0.2, 0.25) is 0 Å². The van der Waals surface area contributed by atoms with E-state index >= 15 is 0 Å². The molecule has 0 rings (SSSR count). The van der Waals surface area contributed by atoms with Gasteiger partial charge in [-0.05, 0) is 18.8 Å². The molecule has 1 N–H and O–H groups in total. The summed E-state index contributed by atoms with van der Waals surface area (Å²) in [5.74, 6) is 0.246. The van der Waals surface area contributed by atoms with E-state index in [4.69, 9.17) is 9.47 Å². The van der Waals surface area contributed by atoms with E-state index in [-0.39, 0.29) is 25.2 Å². The first kappa shape index (κ1) is 39.9. The van der Waals surface area contributed by atoms with E-state index in [0.29, 0.717) is 12.8 Å². The van der Waals surface area contributed by atoms with Gasteiger partial charge in [0.05, 0.1) is 6.61 Å². The zero-order valence-corrected chi connectivity index (χ0v) is 27.7. The molecule has 5 nitrogen and oxygen atoms in total. The van der Waals surface area contributed by atoms with Gasteiger partial charge in [-0.1, -0.05) is 168 Å². The van der Waals surface area contributed by atoms with E-state index in [2.05, 4.69) is 20.8 Å². The number of esters is 2. The topological polar surface area (TPSA) is 72.8 Å². The Morgan fingerprint density at radius 1 is 0.537 bits per heavy atom. The predicted molar refractivity (Wildman–Crippen MR) is 173 cm³/mol. The molecular weight excluding hydrogens is 512 g/mol. The van der Waals surface area contributed by atoms with E-state index in [1.807, 2.05) is 0 Å². The highest BCUT2D eigenvalue weighted by molar-refractivity contribution is 5.70. The lowest BCUT2D eigenvalue weighted by Crippen LogP contribution is -2.28. The number of carbonyl (C=O) groups is 2. The van der Waals surface area contributed by atoms with Crippen molar-refractivity contribution < 1.29 is 24.2 Å². The second-order valence-corrected chi connectivity index (χ2v) is 12.8. The van der Waals surface area contributed by atoms with E-state index in [1.165, 1.54) is 128 Å². The first-order valence-corrected chi connectivity index (χ1v) is 18.0. The number of hydrogen-bond donors (Lipinski definition) is 1. The lowest BCUT2D eigenvalue weighted by Gasteiger charge is -2.15. The standard InChI is InChI=1S/C36H70O5/c1-4-5-6-7-8-9-10-11-12-13-17-20-23-26-29-35(38)40-32-34(31-37)41-36(39)30-27-24-21-18-15-14-16-19-22-25-28-33(2)3/h33-34,37H,4-32H2,1-3H3/t34-/m0/s1. The van der Waals surface area contributed by atoms with Gasteiger partial charge < -0.3 is 14.6 Å². The summed E-state index contributed by atoms with van der Waals surface area (Å²) >= 11 is 0. The summed E-state index contributed by atoms with van der Waals surface area (Å²) in [6.45, 7) is 6.47. The normalized spacial score (nSPS) is 12.1. The molecule has 0 aromatic heterocycles. The second-order valence-electron chi connectivity index (χ2n) is 12.8. The number of aliphatic hydroxyl groups is 1. The largest absolute Gasteiger partial charge is 0.462 e. The van der Waals surface area contributed by atoms with Crippen LogP contribution in [0.5, 0.6) is 0 Å². The van der Waals surface area contributed by atoms with Gasteiger partial charge in [-0.2, -0.15) is 0 Å². The lowest BCUT2D eigenvalue weighted by molar-refractivity contribution is -0.161. The van der Waals surface area contributed by atoms with Gasteiger partial charge in [-0.15, -0.1) is 0 Å². The molecular formula is C36H70O5. The van der Waals surface area contributed by atoms with Crippen LogP contribution in [0.25, 0.3) is 0 Å². The maximum Gasteiger partial charge on any atom is 0.306 e. The molecule has 0 heterocycles. The minimum atomic E-state index is -0.761. The Labute approximate surface area is 255 Å². The monoisotopic (exact) mass is 583 g/mol. The molecule has 0 aliphatic carbocycles. The van der Waals surface area contributed by atoms with Crippen LogP contribution in [0.3, 0.4) is 0 Å². The van der Waals surface area contributed by atoms with E-state index in [1.54, 1.807) is 0 Å². The van der Waals surface area contributed by atoms with Crippen LogP contribution in [-0.2, 0) is 19.1 Å². The zero-order chi connectivity index (χ0) is 30.2. The van der Waals surface area contributed by atoms with Crippen molar-refractivity contribution in [2.75, 3.05) is 13.2 Å². The summed E-state index contributed by atoms with van der Waals surface area (Å²) in [6.07, 6.45) is 31.6. The Bertz CT molecular complexity index is 562. The molecule has 1 atom stereocenters. The molecule has 0 aliphatic rings. The van der Waals surface area contributed by atoms with Crippen molar-refractivity contribution in [2.24, 2.45) is 5.92 Å². The number of hydrogen-bond acceptors (Lipinski definition) is 5. The highest BCUT2D eigenvalue weighted by Gasteiger charge is 2.16. The average molecular weight is 583 g/mol. The van der Waals surface area contributed by atoms with Crippen molar-refractivity contribution >= 4 is 11.9 Å². The van der Waals surface area contributed by atoms with Crippen LogP contribution in [-0.4, -0.2) is 36.4 Å². The molecule has 5 heteroatoms. The fourth-order valence-corrected chi connectivity index (χ4v) is 5.33. The Balaban J connectivity index is 3.53. The summed E-state index contributed by atoms with van der Waals surface area (Å²) in [5, 5.41) is 9.51. The predicted octanol–water partition coefficient (Wildman–Crippen LogP) is 10.6. The molecule has 0 aromatic carbocycles. The maximum atomic E-state index is 12.1. The number of unbranched alkanes of at least 4 members (excludes halogenated alkanes) is 22. The molecule has 41 heavy (non-hydrogen) atoms. The summed E-state index contributed by atoms with van der Waals surface area (Å²) in [6, 6.07) is 0. The highest BCUT2D eigenvalue weighted by Crippen LogP contribution is 2.15. The van der Waals surface area contributed by atoms with Crippen molar-refractivity contribution in [3.05, 3.63) is 0 Å². The van der Waals surface area contributed by atoms with Crippen LogP contribution in [0.1, 0.15) is 194 Å². The Kier molecular flexibility index (Phi) is 31.0. The number of ether oxygens (including phenoxy) is 2. The molecule has 0 radical (unpaired) electrons. The first-order valence-electron chi connectivity index (χ1n) is 18.0. The third-order valence-corrected chi connectivity index (χ3v) is 8.08. The van der Waals surface area contributed by atoms with Gasteiger partial charge in [-0.3, -0.25) is 9.59 Å². The van der Waals surface area contributed by atoms with Crippen molar-refractivity contribution in [3.8, 4) is 0 Å². The lowest BCUT2D eigenvalue weighted by atomic mass is 10.0. The molecule has 244 valence electrons. The zero-order valence-electron chi connectivity index (χ0n) is 27.7. The molecule has 0 spiro atoms. The number of carbonyl (C=O) groups excluding carboxylic acids is 2. The fourth-order valence-electron chi connectivity index (χ4n) is 5.33. The van der Waals surface area contributed by atoms with Gasteiger partial charge in [0.15, 0.2) is 6.10 Å². The Hall–Kier alpha value is -1.10. The molecule has 0 aliphatic heterocycles. The Morgan fingerprint density at radius 2 is 0.902 bits per heavy atom. The van der Waals surface area contributed by atoms with Gasteiger partial charge in [-0.25, -0.2) is 0 Å². The van der Waals surface area contributed by atoms with Crippen molar-refractivity contribution in [1.29, 1.82) is 0 Å². The van der Waals surface area contributed by atoms with Crippen LogP contribution < -0.4 is 0 Å². The van der Waals surface area contributed by atoms with Gasteiger partial charge in [0, 0.05) is 12.8 Å². The van der Waals surface area contributed by atoms with Gasteiger partial charge in [0.2, 0.25) is 0 Å². The third-order valence-electron chi connectivity index (χ3n) is 8.08. The number of aliphatic hydroxyl groups excluding tert-OH is 1. The van der Waals surface area contributed by atoms with Gasteiger partial charge in [0.1, 0.15) is 6.61 Å². The van der Waals surface area contributed by atoms with E-state index < -0.39 is 6.10 Å². The van der Waals surface area contributed by atoms with Crippen molar-refractivity contribution in [1.82, 2.24) is 0 Å². The van der Waals surface area contributed by atoms with Crippen LogP contribution >= 0.6 is 0 Å². The molecule has 0 fully saturated rings. The van der Waals surface area contributed by atoms with Crippen molar-refractivity contribution in [2.45, 2.75) is 200 Å². The smallest absolute Gasteiger partial charge is 0.306 e. The van der Waals surface area contributed by atoms with Gasteiger partial charge >= 0.3 is 11.9 Å². The summed E-state index contributed by atoms with van der Waals surface area (Å²) in [7, 11) is 0. The second kappa shape index (κ2) is 31.8.